The number of carbonyl (C=O) groups excluding carboxylic acids is 1. The van der Waals surface area contributed by atoms with Gasteiger partial charge in [0.15, 0.2) is 0 Å². The number of carbonyl (C=O) groups is 1. The summed E-state index contributed by atoms with van der Waals surface area (Å²) in [7, 11) is 0. The fraction of sp³-hybridized carbons (Fsp3) is 0.0714. The van der Waals surface area contributed by atoms with Crippen LogP contribution in [0.4, 0.5) is 11.4 Å². The Morgan fingerprint density at radius 2 is 1.67 bits per heavy atom. The predicted octanol–water partition coefficient (Wildman–Crippen LogP) is 2.16. The number of nitrogen functional groups attached to an aromatic ring is 1. The summed E-state index contributed by atoms with van der Waals surface area (Å²) in [6.07, 6.45) is 0.293. The number of nitrogens with two attached hydrogens (primary N) is 1. The fourth-order valence-corrected chi connectivity index (χ4v) is 1.57. The summed E-state index contributed by atoms with van der Waals surface area (Å²) in [4.78, 5) is 11.7. The van der Waals surface area contributed by atoms with Crippen LogP contribution >= 0.6 is 0 Å². The molecule has 2 aromatic rings. The van der Waals surface area contributed by atoms with Crippen molar-refractivity contribution in [2.24, 2.45) is 0 Å². The van der Waals surface area contributed by atoms with Crippen LogP contribution in [0.1, 0.15) is 5.56 Å². The van der Waals surface area contributed by atoms with Crippen LogP contribution in [0.25, 0.3) is 0 Å². The van der Waals surface area contributed by atoms with Crippen LogP contribution in [0.15, 0.2) is 48.5 Å². The summed E-state index contributed by atoms with van der Waals surface area (Å²) in [6.45, 7) is 0. The molecule has 0 bridgehead atoms. The fourth-order valence-electron chi connectivity index (χ4n) is 1.57. The topological polar surface area (TPSA) is 75.4 Å². The summed E-state index contributed by atoms with van der Waals surface area (Å²) < 4.78 is 0. The molecule has 0 atom stereocenters. The van der Waals surface area contributed by atoms with Gasteiger partial charge in [-0.25, -0.2) is 0 Å². The molecule has 0 unspecified atom stereocenters. The number of nitrogens with one attached hydrogen (secondary N) is 1. The van der Waals surface area contributed by atoms with E-state index in [-0.39, 0.29) is 11.7 Å². The van der Waals surface area contributed by atoms with Crippen LogP contribution in [0.3, 0.4) is 0 Å². The molecule has 0 fully saturated rings. The first-order valence-corrected chi connectivity index (χ1v) is 5.57. The van der Waals surface area contributed by atoms with E-state index in [0.717, 1.165) is 5.56 Å². The van der Waals surface area contributed by atoms with Gasteiger partial charge in [0.2, 0.25) is 5.91 Å². The van der Waals surface area contributed by atoms with Crippen molar-refractivity contribution in [2.45, 2.75) is 6.42 Å². The van der Waals surface area contributed by atoms with Crippen LogP contribution in [0.5, 0.6) is 5.75 Å². The van der Waals surface area contributed by atoms with Gasteiger partial charge in [0.05, 0.1) is 6.42 Å². The lowest BCUT2D eigenvalue weighted by atomic mass is 10.1. The van der Waals surface area contributed by atoms with Crippen molar-refractivity contribution < 1.29 is 9.90 Å². The Kier molecular flexibility index (Phi) is 3.48. The monoisotopic (exact) mass is 242 g/mol. The minimum atomic E-state index is -0.106. The minimum absolute atomic E-state index is 0.106. The Morgan fingerprint density at radius 1 is 1.06 bits per heavy atom. The highest BCUT2D eigenvalue weighted by Gasteiger charge is 2.04. The molecule has 92 valence electrons. The molecule has 0 radical (unpaired) electrons. The molecular weight excluding hydrogens is 228 g/mol. The largest absolute Gasteiger partial charge is 0.508 e. The van der Waals surface area contributed by atoms with Gasteiger partial charge in [0.25, 0.3) is 0 Å². The van der Waals surface area contributed by atoms with Crippen molar-refractivity contribution in [3.8, 4) is 5.75 Å². The molecule has 0 spiro atoms. The van der Waals surface area contributed by atoms with Gasteiger partial charge >= 0.3 is 0 Å². The van der Waals surface area contributed by atoms with Gasteiger partial charge in [-0.15, -0.1) is 0 Å². The Balaban J connectivity index is 1.96. The number of phenols is 1. The zero-order valence-electron chi connectivity index (χ0n) is 9.76. The molecule has 4 N–H and O–H groups in total. The molecule has 4 nitrogen and oxygen atoms in total. The Hall–Kier alpha value is -2.49. The van der Waals surface area contributed by atoms with Crippen LogP contribution in [0, 0.1) is 0 Å². The van der Waals surface area contributed by atoms with Gasteiger partial charge in [-0.3, -0.25) is 4.79 Å². The number of aromatic hydroxyl groups is 1. The molecule has 1 amide bonds. The molecule has 0 aliphatic heterocycles. The second-order valence-electron chi connectivity index (χ2n) is 4.01. The second kappa shape index (κ2) is 5.23. The summed E-state index contributed by atoms with van der Waals surface area (Å²) in [5, 5.41) is 11.9. The van der Waals surface area contributed by atoms with Gasteiger partial charge in [0.1, 0.15) is 5.75 Å². The maximum absolute atomic E-state index is 11.7. The summed E-state index contributed by atoms with van der Waals surface area (Å²) in [6, 6.07) is 13.5. The number of phenolic OH excluding ortho intramolecular Hbond substituents is 1. The second-order valence-corrected chi connectivity index (χ2v) is 4.01. The molecule has 0 aliphatic carbocycles. The van der Waals surface area contributed by atoms with Crippen molar-refractivity contribution in [2.75, 3.05) is 11.1 Å². The standard InChI is InChI=1S/C14H14N2O2/c15-11-3-1-10(2-4-11)9-14(18)16-12-5-7-13(17)8-6-12/h1-8,17H,9,15H2,(H,16,18). The molecular formula is C14H14N2O2. The Morgan fingerprint density at radius 3 is 2.28 bits per heavy atom. The third kappa shape index (κ3) is 3.25. The van der Waals surface area contributed by atoms with E-state index in [1.165, 1.54) is 12.1 Å². The summed E-state index contributed by atoms with van der Waals surface area (Å²) in [5.74, 6) is 0.0667. The quantitative estimate of drug-likeness (QED) is 0.570. The molecule has 2 rings (SSSR count). The highest BCUT2D eigenvalue weighted by atomic mass is 16.3. The first-order chi connectivity index (χ1) is 8.63. The average Bonchev–Trinajstić information content (AvgIpc) is 2.35. The lowest BCUT2D eigenvalue weighted by Gasteiger charge is -2.05. The predicted molar refractivity (Wildman–Crippen MR) is 71.3 cm³/mol. The molecule has 0 saturated heterocycles. The number of anilines is 2. The third-order valence-corrected chi connectivity index (χ3v) is 2.50. The minimum Gasteiger partial charge on any atom is -0.508 e. The van der Waals surface area contributed by atoms with Gasteiger partial charge in [-0.2, -0.15) is 0 Å². The maximum atomic E-state index is 11.7. The highest BCUT2D eigenvalue weighted by molar-refractivity contribution is 5.92. The van der Waals surface area contributed by atoms with Crippen molar-refractivity contribution in [3.05, 3.63) is 54.1 Å². The van der Waals surface area contributed by atoms with Crippen molar-refractivity contribution in [1.82, 2.24) is 0 Å². The molecule has 4 heteroatoms. The molecule has 0 aliphatic rings. The Bertz CT molecular complexity index is 483. The summed E-state index contributed by atoms with van der Waals surface area (Å²) in [5.41, 5.74) is 7.81. The van der Waals surface area contributed by atoms with E-state index in [2.05, 4.69) is 5.32 Å². The van der Waals surface area contributed by atoms with Crippen LogP contribution < -0.4 is 11.1 Å². The number of hydrogen-bond donors (Lipinski definition) is 3. The molecule has 0 saturated carbocycles. The van der Waals surface area contributed by atoms with E-state index in [0.29, 0.717) is 17.8 Å². The smallest absolute Gasteiger partial charge is 0.228 e. The number of amides is 1. The first kappa shape index (κ1) is 12.0. The van der Waals surface area contributed by atoms with Crippen molar-refractivity contribution in [3.63, 3.8) is 0 Å². The van der Waals surface area contributed by atoms with Crippen molar-refractivity contribution >= 4 is 17.3 Å². The maximum Gasteiger partial charge on any atom is 0.228 e. The van der Waals surface area contributed by atoms with E-state index in [4.69, 9.17) is 10.8 Å². The van der Waals surface area contributed by atoms with Crippen LogP contribution in [-0.2, 0) is 11.2 Å². The first-order valence-electron chi connectivity index (χ1n) is 5.57. The average molecular weight is 242 g/mol. The van der Waals surface area contributed by atoms with Gasteiger partial charge in [0, 0.05) is 11.4 Å². The molecule has 2 aromatic carbocycles. The van der Waals surface area contributed by atoms with Crippen LogP contribution in [-0.4, -0.2) is 11.0 Å². The van der Waals surface area contributed by atoms with Crippen LogP contribution in [0.2, 0.25) is 0 Å². The SMILES string of the molecule is Nc1ccc(CC(=O)Nc2ccc(O)cc2)cc1. The lowest BCUT2D eigenvalue weighted by Crippen LogP contribution is -2.14. The molecule has 0 aromatic heterocycles. The number of hydrogen-bond acceptors (Lipinski definition) is 3. The van der Waals surface area contributed by atoms with E-state index >= 15 is 0 Å². The highest BCUT2D eigenvalue weighted by Crippen LogP contribution is 2.14. The zero-order chi connectivity index (χ0) is 13.0. The third-order valence-electron chi connectivity index (χ3n) is 2.50. The normalized spacial score (nSPS) is 10.0. The van der Waals surface area contributed by atoms with E-state index in [1.54, 1.807) is 24.3 Å². The lowest BCUT2D eigenvalue weighted by molar-refractivity contribution is -0.115. The number of benzene rings is 2. The number of rotatable bonds is 3. The zero-order valence-corrected chi connectivity index (χ0v) is 9.76. The van der Waals surface area contributed by atoms with E-state index in [9.17, 15) is 4.79 Å². The van der Waals surface area contributed by atoms with Gasteiger partial charge in [-0.1, -0.05) is 12.1 Å². The molecule has 18 heavy (non-hydrogen) atoms. The summed E-state index contributed by atoms with van der Waals surface area (Å²) >= 11 is 0. The van der Waals surface area contributed by atoms with Crippen molar-refractivity contribution in [1.29, 1.82) is 0 Å². The van der Waals surface area contributed by atoms with Gasteiger partial charge in [-0.05, 0) is 42.0 Å². The van der Waals surface area contributed by atoms with E-state index < -0.39 is 0 Å². The van der Waals surface area contributed by atoms with Gasteiger partial charge < -0.3 is 16.2 Å². The molecule has 0 heterocycles. The van der Waals surface area contributed by atoms with E-state index in [1.807, 2.05) is 12.1 Å². The Labute approximate surface area is 105 Å².